The number of rotatable bonds is 7. The number of aromatic nitrogens is 1. The smallest absolute Gasteiger partial charge is 0.260 e. The molecule has 0 saturated carbocycles. The maximum Gasteiger partial charge on any atom is 0.260 e. The summed E-state index contributed by atoms with van der Waals surface area (Å²) in [6, 6.07) is 13.5. The van der Waals surface area contributed by atoms with Gasteiger partial charge in [0.2, 0.25) is 0 Å². The quantitative estimate of drug-likeness (QED) is 0.784. The van der Waals surface area contributed by atoms with Crippen LogP contribution in [0.25, 0.3) is 0 Å². The number of aryl methyl sites for hydroxylation is 1. The molecule has 0 radical (unpaired) electrons. The van der Waals surface area contributed by atoms with Crippen molar-refractivity contribution in [2.75, 3.05) is 13.2 Å². The van der Waals surface area contributed by atoms with Gasteiger partial charge in [0.25, 0.3) is 5.91 Å². The Labute approximate surface area is 125 Å². The van der Waals surface area contributed by atoms with E-state index in [0.29, 0.717) is 6.54 Å². The predicted octanol–water partition coefficient (Wildman–Crippen LogP) is 2.84. The molecule has 2 rings (SSSR count). The SMILES string of the molecule is CCCN(Cc1cccn1C)C(=O)COc1ccccc1. The van der Waals surface area contributed by atoms with Crippen LogP contribution in [0.3, 0.4) is 0 Å². The molecule has 1 aromatic carbocycles. The second kappa shape index (κ2) is 7.53. The highest BCUT2D eigenvalue weighted by atomic mass is 16.5. The molecule has 0 atom stereocenters. The molecule has 4 nitrogen and oxygen atoms in total. The molecule has 0 saturated heterocycles. The van der Waals surface area contributed by atoms with Crippen LogP contribution in [0.2, 0.25) is 0 Å². The van der Waals surface area contributed by atoms with E-state index in [-0.39, 0.29) is 12.5 Å². The monoisotopic (exact) mass is 286 g/mol. The van der Waals surface area contributed by atoms with Crippen molar-refractivity contribution in [1.29, 1.82) is 0 Å². The van der Waals surface area contributed by atoms with Crippen LogP contribution < -0.4 is 4.74 Å². The molecular weight excluding hydrogens is 264 g/mol. The number of benzene rings is 1. The van der Waals surface area contributed by atoms with Crippen molar-refractivity contribution >= 4 is 5.91 Å². The van der Waals surface area contributed by atoms with Crippen molar-refractivity contribution in [3.8, 4) is 5.75 Å². The van der Waals surface area contributed by atoms with E-state index < -0.39 is 0 Å². The van der Waals surface area contributed by atoms with Gasteiger partial charge in [0.05, 0.1) is 6.54 Å². The summed E-state index contributed by atoms with van der Waals surface area (Å²) in [4.78, 5) is 14.2. The maximum atomic E-state index is 12.3. The van der Waals surface area contributed by atoms with Crippen LogP contribution in [-0.2, 0) is 18.4 Å². The number of para-hydroxylation sites is 1. The highest BCUT2D eigenvalue weighted by Gasteiger charge is 2.15. The largest absolute Gasteiger partial charge is 0.484 e. The van der Waals surface area contributed by atoms with Crippen LogP contribution in [0.5, 0.6) is 5.75 Å². The normalized spacial score (nSPS) is 10.4. The van der Waals surface area contributed by atoms with E-state index in [4.69, 9.17) is 4.74 Å². The number of hydrogen-bond donors (Lipinski definition) is 0. The van der Waals surface area contributed by atoms with Crippen LogP contribution in [0.4, 0.5) is 0 Å². The minimum atomic E-state index is 0.0157. The lowest BCUT2D eigenvalue weighted by Crippen LogP contribution is -2.35. The Balaban J connectivity index is 1.94. The molecule has 0 aliphatic heterocycles. The van der Waals surface area contributed by atoms with Gasteiger partial charge in [-0.3, -0.25) is 4.79 Å². The summed E-state index contributed by atoms with van der Waals surface area (Å²) >= 11 is 0. The second-order valence-corrected chi connectivity index (χ2v) is 5.03. The first-order chi connectivity index (χ1) is 10.2. The van der Waals surface area contributed by atoms with Gasteiger partial charge in [0.15, 0.2) is 6.61 Å². The number of nitrogens with zero attached hydrogens (tertiary/aromatic N) is 2. The molecule has 2 aromatic rings. The first kappa shape index (κ1) is 15.2. The number of carbonyl (C=O) groups is 1. The van der Waals surface area contributed by atoms with Crippen LogP contribution in [0.15, 0.2) is 48.7 Å². The first-order valence-corrected chi connectivity index (χ1v) is 7.26. The molecule has 1 amide bonds. The number of hydrogen-bond acceptors (Lipinski definition) is 2. The zero-order chi connectivity index (χ0) is 15.1. The lowest BCUT2D eigenvalue weighted by Gasteiger charge is -2.22. The van der Waals surface area contributed by atoms with Gasteiger partial charge in [-0.15, -0.1) is 0 Å². The standard InChI is InChI=1S/C17H22N2O2/c1-3-11-19(13-15-8-7-12-18(15)2)17(20)14-21-16-9-5-4-6-10-16/h4-10,12H,3,11,13-14H2,1-2H3. The molecular formula is C17H22N2O2. The minimum absolute atomic E-state index is 0.0157. The number of amides is 1. The molecule has 0 bridgehead atoms. The molecule has 0 fully saturated rings. The molecule has 21 heavy (non-hydrogen) atoms. The zero-order valence-corrected chi connectivity index (χ0v) is 12.7. The maximum absolute atomic E-state index is 12.3. The van der Waals surface area contributed by atoms with Crippen LogP contribution in [-0.4, -0.2) is 28.5 Å². The van der Waals surface area contributed by atoms with Gasteiger partial charge in [-0.1, -0.05) is 25.1 Å². The highest BCUT2D eigenvalue weighted by Crippen LogP contribution is 2.10. The van der Waals surface area contributed by atoms with Crippen molar-refractivity contribution in [3.63, 3.8) is 0 Å². The van der Waals surface area contributed by atoms with Gasteiger partial charge in [-0.05, 0) is 30.7 Å². The molecule has 112 valence electrons. The Morgan fingerprint density at radius 1 is 1.19 bits per heavy atom. The number of ether oxygens (including phenoxy) is 1. The summed E-state index contributed by atoms with van der Waals surface area (Å²) in [5.41, 5.74) is 1.12. The van der Waals surface area contributed by atoms with Gasteiger partial charge >= 0.3 is 0 Å². The van der Waals surface area contributed by atoms with E-state index in [1.165, 1.54) is 0 Å². The van der Waals surface area contributed by atoms with E-state index in [9.17, 15) is 4.79 Å². The van der Waals surface area contributed by atoms with Crippen LogP contribution in [0.1, 0.15) is 19.0 Å². The number of carbonyl (C=O) groups excluding carboxylic acids is 1. The Morgan fingerprint density at radius 2 is 1.95 bits per heavy atom. The molecule has 0 aliphatic carbocycles. The minimum Gasteiger partial charge on any atom is -0.484 e. The summed E-state index contributed by atoms with van der Waals surface area (Å²) in [5, 5.41) is 0. The third-order valence-electron chi connectivity index (χ3n) is 3.36. The molecule has 4 heteroatoms. The fourth-order valence-electron chi connectivity index (χ4n) is 2.17. The molecule has 0 aliphatic rings. The Morgan fingerprint density at radius 3 is 2.57 bits per heavy atom. The van der Waals surface area contributed by atoms with E-state index in [1.54, 1.807) is 0 Å². The summed E-state index contributed by atoms with van der Waals surface area (Å²) in [7, 11) is 1.99. The van der Waals surface area contributed by atoms with Crippen molar-refractivity contribution in [1.82, 2.24) is 9.47 Å². The lowest BCUT2D eigenvalue weighted by molar-refractivity contribution is -0.134. The summed E-state index contributed by atoms with van der Waals surface area (Å²) in [5.74, 6) is 0.739. The Hall–Kier alpha value is -2.23. The van der Waals surface area contributed by atoms with E-state index >= 15 is 0 Å². The predicted molar refractivity (Wildman–Crippen MR) is 83.1 cm³/mol. The average molecular weight is 286 g/mol. The van der Waals surface area contributed by atoms with Gasteiger partial charge in [-0.25, -0.2) is 0 Å². The Bertz CT molecular complexity index is 563. The van der Waals surface area contributed by atoms with Crippen molar-refractivity contribution < 1.29 is 9.53 Å². The third kappa shape index (κ3) is 4.38. The van der Waals surface area contributed by atoms with E-state index in [2.05, 4.69) is 6.92 Å². The molecule has 1 aromatic heterocycles. The first-order valence-electron chi connectivity index (χ1n) is 7.26. The fourth-order valence-corrected chi connectivity index (χ4v) is 2.17. The van der Waals surface area contributed by atoms with Crippen LogP contribution >= 0.6 is 0 Å². The summed E-state index contributed by atoms with van der Waals surface area (Å²) < 4.78 is 7.58. The van der Waals surface area contributed by atoms with Crippen molar-refractivity contribution in [3.05, 3.63) is 54.4 Å². The Kier molecular flexibility index (Phi) is 5.43. The van der Waals surface area contributed by atoms with E-state index in [0.717, 1.165) is 24.4 Å². The van der Waals surface area contributed by atoms with E-state index in [1.807, 2.05) is 65.2 Å². The topological polar surface area (TPSA) is 34.5 Å². The molecule has 0 unspecified atom stereocenters. The molecule has 1 heterocycles. The second-order valence-electron chi connectivity index (χ2n) is 5.03. The van der Waals surface area contributed by atoms with Crippen molar-refractivity contribution in [2.45, 2.75) is 19.9 Å². The lowest BCUT2D eigenvalue weighted by atomic mass is 10.3. The fraction of sp³-hybridized carbons (Fsp3) is 0.353. The zero-order valence-electron chi connectivity index (χ0n) is 12.7. The molecule has 0 spiro atoms. The molecule has 0 N–H and O–H groups in total. The van der Waals surface area contributed by atoms with Crippen molar-refractivity contribution in [2.24, 2.45) is 7.05 Å². The van der Waals surface area contributed by atoms with Gasteiger partial charge in [0.1, 0.15) is 5.75 Å². The average Bonchev–Trinajstić information content (AvgIpc) is 2.91. The van der Waals surface area contributed by atoms with Crippen LogP contribution in [0, 0.1) is 0 Å². The van der Waals surface area contributed by atoms with Gasteiger partial charge in [-0.2, -0.15) is 0 Å². The summed E-state index contributed by atoms with van der Waals surface area (Å²) in [6.45, 7) is 3.51. The van der Waals surface area contributed by atoms with Gasteiger partial charge in [0, 0.05) is 25.5 Å². The third-order valence-corrected chi connectivity index (χ3v) is 3.36. The summed E-state index contributed by atoms with van der Waals surface area (Å²) in [6.07, 6.45) is 2.92. The highest BCUT2D eigenvalue weighted by molar-refractivity contribution is 5.77. The van der Waals surface area contributed by atoms with Gasteiger partial charge < -0.3 is 14.2 Å².